The van der Waals surface area contributed by atoms with Crippen LogP contribution in [0.1, 0.15) is 30.0 Å². The summed E-state index contributed by atoms with van der Waals surface area (Å²) in [7, 11) is 1.51. The summed E-state index contributed by atoms with van der Waals surface area (Å²) in [6, 6.07) is 11.1. The van der Waals surface area contributed by atoms with Gasteiger partial charge in [0.05, 0.1) is 11.2 Å². The molecule has 0 radical (unpaired) electrons. The van der Waals surface area contributed by atoms with Crippen LogP contribution in [-0.4, -0.2) is 46.9 Å². The molecule has 0 bridgehead atoms. The van der Waals surface area contributed by atoms with Crippen LogP contribution >= 0.6 is 0 Å². The van der Waals surface area contributed by atoms with E-state index in [1.54, 1.807) is 12.3 Å². The Kier molecular flexibility index (Phi) is 6.46. The first-order valence-corrected chi connectivity index (χ1v) is 9.54. The molecule has 29 heavy (non-hydrogen) atoms. The van der Waals surface area contributed by atoms with Gasteiger partial charge in [-0.1, -0.05) is 26.0 Å². The smallest absolute Gasteiger partial charge is 0.274 e. The summed E-state index contributed by atoms with van der Waals surface area (Å²) in [4.78, 5) is 25.9. The standard InChI is InChI=1S/C21H26N6O2/c1-4-27(5-2)13-15-12-16(9-10-24-15)29-18-8-6-7-14-11-17(25-19(14)18)20(28)26-21(22)23-3/h6-12,25H,4-5,13H2,1-3H3,(H3,22,23,26,28). The molecular formula is C21H26N6O2. The zero-order valence-electron chi connectivity index (χ0n) is 16.9. The predicted molar refractivity (Wildman–Crippen MR) is 114 cm³/mol. The molecule has 1 aromatic carbocycles. The van der Waals surface area contributed by atoms with Gasteiger partial charge in [-0.25, -0.2) is 0 Å². The number of carbonyl (C=O) groups is 1. The van der Waals surface area contributed by atoms with Gasteiger partial charge in [0.15, 0.2) is 11.7 Å². The van der Waals surface area contributed by atoms with Gasteiger partial charge in [0, 0.05) is 31.2 Å². The number of guanidine groups is 1. The Morgan fingerprint density at radius 3 is 2.79 bits per heavy atom. The molecule has 0 atom stereocenters. The number of fused-ring (bicyclic) bond motifs is 1. The second-order valence-electron chi connectivity index (χ2n) is 6.51. The highest BCUT2D eigenvalue weighted by atomic mass is 16.5. The maximum atomic E-state index is 12.3. The number of nitrogens with one attached hydrogen (secondary N) is 2. The largest absolute Gasteiger partial charge is 0.455 e. The van der Waals surface area contributed by atoms with Gasteiger partial charge in [-0.05, 0) is 31.3 Å². The van der Waals surface area contributed by atoms with Crippen LogP contribution in [-0.2, 0) is 6.54 Å². The summed E-state index contributed by atoms with van der Waals surface area (Å²) < 4.78 is 6.11. The number of ether oxygens (including phenoxy) is 1. The third-order valence-corrected chi connectivity index (χ3v) is 4.64. The second-order valence-corrected chi connectivity index (χ2v) is 6.51. The summed E-state index contributed by atoms with van der Waals surface area (Å²) in [5.74, 6) is 1.01. The topological polar surface area (TPSA) is 109 Å². The van der Waals surface area contributed by atoms with Gasteiger partial charge >= 0.3 is 0 Å². The SMILES string of the molecule is CCN(CC)Cc1cc(Oc2cccc3cc(C(=O)NC(N)=NC)[nH]c23)ccn1. The maximum absolute atomic E-state index is 12.3. The Morgan fingerprint density at radius 1 is 1.28 bits per heavy atom. The summed E-state index contributed by atoms with van der Waals surface area (Å²) in [5.41, 5.74) is 7.62. The molecule has 0 aliphatic rings. The number of pyridine rings is 1. The molecule has 0 fully saturated rings. The number of amides is 1. The number of aliphatic imine (C=N–C) groups is 1. The zero-order chi connectivity index (χ0) is 20.8. The van der Waals surface area contributed by atoms with Crippen LogP contribution in [0, 0.1) is 0 Å². The van der Waals surface area contributed by atoms with Crippen molar-refractivity contribution in [3.05, 3.63) is 54.0 Å². The van der Waals surface area contributed by atoms with Crippen molar-refractivity contribution in [3.8, 4) is 11.5 Å². The van der Waals surface area contributed by atoms with E-state index in [1.165, 1.54) is 7.05 Å². The minimum atomic E-state index is -0.360. The van der Waals surface area contributed by atoms with E-state index >= 15 is 0 Å². The van der Waals surface area contributed by atoms with E-state index in [-0.39, 0.29) is 11.9 Å². The van der Waals surface area contributed by atoms with Crippen molar-refractivity contribution in [1.82, 2.24) is 20.2 Å². The first kappa shape index (κ1) is 20.3. The molecule has 2 aromatic heterocycles. The molecular weight excluding hydrogens is 368 g/mol. The van der Waals surface area contributed by atoms with E-state index in [4.69, 9.17) is 10.5 Å². The van der Waals surface area contributed by atoms with Gasteiger partial charge in [0.25, 0.3) is 5.91 Å². The van der Waals surface area contributed by atoms with Crippen molar-refractivity contribution in [1.29, 1.82) is 0 Å². The Labute approximate surface area is 169 Å². The fourth-order valence-corrected chi connectivity index (χ4v) is 2.98. The third-order valence-electron chi connectivity index (χ3n) is 4.64. The van der Waals surface area contributed by atoms with E-state index in [1.807, 2.05) is 30.3 Å². The average Bonchev–Trinajstić information content (AvgIpc) is 3.18. The predicted octanol–water partition coefficient (Wildman–Crippen LogP) is 2.87. The zero-order valence-corrected chi connectivity index (χ0v) is 16.9. The van der Waals surface area contributed by atoms with E-state index in [0.717, 1.165) is 36.2 Å². The molecule has 0 unspecified atom stereocenters. The number of para-hydroxylation sites is 1. The Balaban J connectivity index is 1.84. The van der Waals surface area contributed by atoms with E-state index in [2.05, 4.69) is 39.0 Å². The molecule has 0 saturated carbocycles. The summed E-state index contributed by atoms with van der Waals surface area (Å²) >= 11 is 0. The minimum absolute atomic E-state index is 0.0580. The number of hydrogen-bond donors (Lipinski definition) is 3. The van der Waals surface area contributed by atoms with Gasteiger partial charge in [-0.15, -0.1) is 0 Å². The molecule has 0 aliphatic carbocycles. The van der Waals surface area contributed by atoms with Crippen LogP contribution in [0.25, 0.3) is 10.9 Å². The fraction of sp³-hybridized carbons (Fsp3) is 0.286. The van der Waals surface area contributed by atoms with Crippen molar-refractivity contribution in [2.24, 2.45) is 10.7 Å². The molecule has 3 rings (SSSR count). The maximum Gasteiger partial charge on any atom is 0.274 e. The van der Waals surface area contributed by atoms with Crippen molar-refractivity contribution in [3.63, 3.8) is 0 Å². The number of nitrogens with two attached hydrogens (primary N) is 1. The van der Waals surface area contributed by atoms with Crippen LogP contribution in [0.3, 0.4) is 0 Å². The van der Waals surface area contributed by atoms with Crippen molar-refractivity contribution in [2.75, 3.05) is 20.1 Å². The highest BCUT2D eigenvalue weighted by Gasteiger charge is 2.14. The van der Waals surface area contributed by atoms with Crippen LogP contribution < -0.4 is 15.8 Å². The molecule has 2 heterocycles. The lowest BCUT2D eigenvalue weighted by molar-refractivity contribution is 0.0972. The number of carbonyl (C=O) groups excluding carboxylic acids is 1. The lowest BCUT2D eigenvalue weighted by Crippen LogP contribution is -2.36. The Hall–Kier alpha value is -3.39. The van der Waals surface area contributed by atoms with Crippen LogP contribution in [0.15, 0.2) is 47.6 Å². The van der Waals surface area contributed by atoms with Crippen LogP contribution in [0.4, 0.5) is 0 Å². The van der Waals surface area contributed by atoms with Gasteiger partial charge < -0.3 is 15.5 Å². The minimum Gasteiger partial charge on any atom is -0.455 e. The number of aromatic nitrogens is 2. The first-order valence-electron chi connectivity index (χ1n) is 9.54. The van der Waals surface area contributed by atoms with Crippen molar-refractivity contribution < 1.29 is 9.53 Å². The summed E-state index contributed by atoms with van der Waals surface area (Å²) in [5, 5.41) is 3.37. The van der Waals surface area contributed by atoms with Gasteiger partial charge in [-0.3, -0.25) is 25.0 Å². The number of H-pyrrole nitrogens is 1. The summed E-state index contributed by atoms with van der Waals surface area (Å²) in [6.07, 6.45) is 1.74. The van der Waals surface area contributed by atoms with E-state index in [0.29, 0.717) is 17.2 Å². The lowest BCUT2D eigenvalue weighted by atomic mass is 10.2. The third kappa shape index (κ3) is 4.91. The molecule has 0 spiro atoms. The van der Waals surface area contributed by atoms with Crippen LogP contribution in [0.2, 0.25) is 0 Å². The molecule has 8 heteroatoms. The van der Waals surface area contributed by atoms with Crippen molar-refractivity contribution >= 4 is 22.8 Å². The van der Waals surface area contributed by atoms with E-state index in [9.17, 15) is 4.79 Å². The normalized spacial score (nSPS) is 11.8. The monoisotopic (exact) mass is 394 g/mol. The fourth-order valence-electron chi connectivity index (χ4n) is 2.98. The van der Waals surface area contributed by atoms with Gasteiger partial charge in [-0.2, -0.15) is 0 Å². The Bertz CT molecular complexity index is 1020. The molecule has 1 amide bonds. The first-order chi connectivity index (χ1) is 14.0. The van der Waals surface area contributed by atoms with Crippen molar-refractivity contribution in [2.45, 2.75) is 20.4 Å². The highest BCUT2D eigenvalue weighted by molar-refractivity contribution is 6.07. The Morgan fingerprint density at radius 2 is 2.07 bits per heavy atom. The molecule has 8 nitrogen and oxygen atoms in total. The molecule has 0 aliphatic heterocycles. The highest BCUT2D eigenvalue weighted by Crippen LogP contribution is 2.30. The van der Waals surface area contributed by atoms with Crippen LogP contribution in [0.5, 0.6) is 11.5 Å². The quantitative estimate of drug-likeness (QED) is 0.422. The number of aromatic amines is 1. The average molecular weight is 394 g/mol. The van der Waals surface area contributed by atoms with Gasteiger partial charge in [0.1, 0.15) is 11.4 Å². The number of benzene rings is 1. The van der Waals surface area contributed by atoms with E-state index < -0.39 is 0 Å². The molecule has 0 saturated heterocycles. The second kappa shape index (κ2) is 9.20. The molecule has 4 N–H and O–H groups in total. The summed E-state index contributed by atoms with van der Waals surface area (Å²) in [6.45, 7) is 6.95. The molecule has 3 aromatic rings. The number of hydrogen-bond acceptors (Lipinski definition) is 5. The number of nitrogens with zero attached hydrogens (tertiary/aromatic N) is 3. The van der Waals surface area contributed by atoms with Gasteiger partial charge in [0.2, 0.25) is 0 Å². The lowest BCUT2D eigenvalue weighted by Gasteiger charge is -2.17. The molecule has 152 valence electrons. The number of rotatable bonds is 7.